The second-order valence-electron chi connectivity index (χ2n) is 26.2. The number of nitrogens with zero attached hydrogens (tertiary/aromatic N) is 5. The van der Waals surface area contributed by atoms with Gasteiger partial charge in [0.25, 0.3) is 23.6 Å². The summed E-state index contributed by atoms with van der Waals surface area (Å²) in [6.45, 7) is 5.19. The highest BCUT2D eigenvalue weighted by Crippen LogP contribution is 2.35. The van der Waals surface area contributed by atoms with E-state index in [4.69, 9.17) is 178 Å². The van der Waals surface area contributed by atoms with Crippen LogP contribution in [0.1, 0.15) is 138 Å². The molecule has 0 spiro atoms. The number of amidine groups is 1. The standard InChI is InChI=1S/C25H23Cl4N3O3.C22H16Cl3N3O2.C20H11Cl3FN3O.C19H12Cl4N2O/c1-25(2,3)35-24(34)32-22(14-5-4-6-16(26)11-14)23(33)31-21(20-10-8-17(27)13-30-20)15-7-9-18(28)19(29)12-15;23-16-9-5-4-8-15(16)21(29)27-19(14-10-11-17(24)18(25)12-14)22(30)28-20(26)13-6-2-1-3-7-13;21-15-5-3-11(7-17(15)23)19(18-6-4-14(24)10-26-18)27-20(28)12-1-2-13(9-25)16(22)8-12;20-12-6-8-17(24-10-12)18(11-5-7-15(22)16(23)9-11)25-19(26)13-3-1-2-4-14(13)21/h4-13,21-22H,1-3H3,(H,31,33)(H,32,34);1-12,19H,(H,27,29)(H2,26,28,30);1-8,10,19H,(H,27,28);1-10,18H,(H,25,26)/t21-,22?;;;18-/m0..0/s1. The minimum Gasteiger partial charge on any atom is -0.444 e. The fourth-order valence-corrected chi connectivity index (χ4v) is 13.2. The molecule has 608 valence electrons. The van der Waals surface area contributed by atoms with E-state index in [9.17, 15) is 33.2 Å². The van der Waals surface area contributed by atoms with Crippen LogP contribution in [0.3, 0.4) is 0 Å². The summed E-state index contributed by atoms with van der Waals surface area (Å²) in [6.07, 6.45) is 3.29. The first-order valence-corrected chi connectivity index (χ1v) is 40.2. The third-order valence-electron chi connectivity index (χ3n) is 16.6. The molecule has 0 radical (unpaired) electrons. The third-order valence-corrected chi connectivity index (χ3v) is 21.2. The van der Waals surface area contributed by atoms with Crippen molar-refractivity contribution in [2.45, 2.75) is 56.6 Å². The van der Waals surface area contributed by atoms with Gasteiger partial charge in [-0.25, -0.2) is 9.18 Å². The van der Waals surface area contributed by atoms with E-state index in [0.717, 1.165) is 11.8 Å². The molecule has 0 aliphatic heterocycles. The number of benzene rings is 9. The molecule has 6 amide bonds. The van der Waals surface area contributed by atoms with Crippen LogP contribution in [0.4, 0.5) is 9.18 Å². The number of ether oxygens (including phenoxy) is 1. The zero-order chi connectivity index (χ0) is 86.4. The van der Waals surface area contributed by atoms with Crippen molar-refractivity contribution in [3.63, 3.8) is 0 Å². The molecule has 12 aromatic rings. The predicted octanol–water partition coefficient (Wildman–Crippen LogP) is 24.0. The number of amides is 6. The van der Waals surface area contributed by atoms with Crippen molar-refractivity contribution < 1.29 is 37.9 Å². The van der Waals surface area contributed by atoms with Crippen LogP contribution in [-0.2, 0) is 14.3 Å². The molecule has 0 saturated heterocycles. The van der Waals surface area contributed by atoms with E-state index in [1.807, 2.05) is 12.1 Å². The van der Waals surface area contributed by atoms with E-state index >= 15 is 0 Å². The van der Waals surface area contributed by atoms with Crippen molar-refractivity contribution >= 4 is 204 Å². The lowest BCUT2D eigenvalue weighted by molar-refractivity contribution is -0.124. The highest BCUT2D eigenvalue weighted by atomic mass is 35.5. The number of carbonyl (C=O) groups is 6. The summed E-state index contributed by atoms with van der Waals surface area (Å²) in [5.41, 5.74) is 11.3. The Kier molecular flexibility index (Phi) is 34.4. The predicted molar refractivity (Wildman–Crippen MR) is 472 cm³/mol. The van der Waals surface area contributed by atoms with Crippen molar-refractivity contribution in [2.24, 2.45) is 10.7 Å². The van der Waals surface area contributed by atoms with Crippen molar-refractivity contribution in [2.75, 3.05) is 0 Å². The maximum absolute atomic E-state index is 13.6. The average Bonchev–Trinajstić information content (AvgIpc) is 0.833. The van der Waals surface area contributed by atoms with E-state index in [2.05, 4.69) is 46.5 Å². The van der Waals surface area contributed by atoms with Crippen LogP contribution in [0.2, 0.25) is 70.3 Å². The molecule has 3 unspecified atom stereocenters. The van der Waals surface area contributed by atoms with Crippen LogP contribution < -0.4 is 32.3 Å². The summed E-state index contributed by atoms with van der Waals surface area (Å²) in [5, 5.41) is 27.8. The Labute approximate surface area is 753 Å². The Morgan fingerprint density at radius 1 is 0.395 bits per heavy atom. The van der Waals surface area contributed by atoms with Gasteiger partial charge in [-0.05, 0) is 188 Å². The maximum Gasteiger partial charge on any atom is 0.408 e. The van der Waals surface area contributed by atoms with Crippen LogP contribution in [0, 0.1) is 17.1 Å². The number of hydrogen-bond donors (Lipinski definition) is 6. The molecule has 0 bridgehead atoms. The van der Waals surface area contributed by atoms with Crippen LogP contribution >= 0.6 is 162 Å². The van der Waals surface area contributed by atoms with E-state index in [1.54, 1.807) is 203 Å². The van der Waals surface area contributed by atoms with E-state index in [0.29, 0.717) is 106 Å². The van der Waals surface area contributed by atoms with Gasteiger partial charge in [-0.3, -0.25) is 38.9 Å². The van der Waals surface area contributed by atoms with Crippen molar-refractivity contribution in [3.8, 4) is 6.07 Å². The molecule has 119 heavy (non-hydrogen) atoms. The number of nitrogens with one attached hydrogen (secondary N) is 5. The largest absolute Gasteiger partial charge is 0.444 e. The lowest BCUT2D eigenvalue weighted by Crippen LogP contribution is -2.43. The van der Waals surface area contributed by atoms with Crippen molar-refractivity contribution in [1.29, 1.82) is 5.26 Å². The fourth-order valence-electron chi connectivity index (χ4n) is 10.9. The Morgan fingerprint density at radius 3 is 1.27 bits per heavy atom. The lowest BCUT2D eigenvalue weighted by Gasteiger charge is -2.26. The molecule has 0 saturated carbocycles. The van der Waals surface area contributed by atoms with Crippen LogP contribution in [0.15, 0.2) is 254 Å². The minimum atomic E-state index is -1.15. The quantitative estimate of drug-likeness (QED) is 0.0326. The summed E-state index contributed by atoms with van der Waals surface area (Å²) >= 11 is 85.0. The number of carbonyl (C=O) groups excluding carboxylic acids is 6. The molecule has 7 N–H and O–H groups in total. The normalized spacial score (nSPS) is 12.2. The molecular weight excluding hydrogens is 1810 g/mol. The van der Waals surface area contributed by atoms with E-state index in [1.165, 1.54) is 54.9 Å². The van der Waals surface area contributed by atoms with Crippen molar-refractivity contribution in [1.82, 2.24) is 41.5 Å². The average molecular weight is 1880 g/mol. The van der Waals surface area contributed by atoms with E-state index in [-0.39, 0.29) is 43.5 Å². The number of alkyl carbamates (subject to hydrolysis) is 1. The highest BCUT2D eigenvalue weighted by molar-refractivity contribution is 6.44. The SMILES string of the molecule is CC(C)(C)OC(=O)NC(C(=O)N[C@@H](c1ccc(Cl)c(Cl)c1)c1ccc(Cl)cn1)c1cccc(Cl)c1.N#Cc1ccc(C(=O)NC(c2ccc(Cl)c(Cl)c2)c2ccc(F)cn2)cc1Cl.NC(=NC(=O)C(NC(=O)c1ccccc1Cl)c1ccc(Cl)c(Cl)c1)c1ccccc1.O=C(N[C@@H](c1ccc(Cl)c(Cl)c1)c1ccc(Cl)cn1)c1ccccc1Cl. The first kappa shape index (κ1) is 93.1. The smallest absolute Gasteiger partial charge is 0.408 e. The lowest BCUT2D eigenvalue weighted by atomic mass is 10.0. The third kappa shape index (κ3) is 27.1. The summed E-state index contributed by atoms with van der Waals surface area (Å²) in [5.74, 6) is -2.99. The maximum atomic E-state index is 13.6. The topological polar surface area (TPSA) is 273 Å². The zero-order valence-corrected chi connectivity index (χ0v) is 72.5. The molecule has 9 aromatic carbocycles. The molecule has 0 aliphatic carbocycles. The van der Waals surface area contributed by atoms with Gasteiger partial charge in [0, 0.05) is 28.5 Å². The van der Waals surface area contributed by atoms with Gasteiger partial charge >= 0.3 is 6.09 Å². The second kappa shape index (κ2) is 44.0. The molecule has 0 fully saturated rings. The molecule has 0 aliphatic rings. The second-order valence-corrected chi connectivity index (χ2v) is 31.9. The zero-order valence-electron chi connectivity index (χ0n) is 61.9. The van der Waals surface area contributed by atoms with Gasteiger partial charge in [-0.1, -0.05) is 253 Å². The van der Waals surface area contributed by atoms with Gasteiger partial charge in [-0.15, -0.1) is 0 Å². The summed E-state index contributed by atoms with van der Waals surface area (Å²) < 4.78 is 18.6. The monoisotopic (exact) mass is 1870 g/mol. The van der Waals surface area contributed by atoms with Crippen molar-refractivity contribution in [3.05, 3.63) is 398 Å². The van der Waals surface area contributed by atoms with Crippen LogP contribution in [-0.4, -0.2) is 62.0 Å². The molecule has 3 aromatic heterocycles. The minimum absolute atomic E-state index is 0.0256. The first-order chi connectivity index (χ1) is 56.6. The van der Waals surface area contributed by atoms with Crippen LogP contribution in [0.25, 0.3) is 0 Å². The molecule has 5 atom stereocenters. The number of aromatic nitrogens is 3. The fraction of sp³-hybridized carbons (Fsp3) is 0.105. The summed E-state index contributed by atoms with van der Waals surface area (Å²) in [4.78, 5) is 94.1. The number of halogens is 15. The molecule has 3 heterocycles. The molecular formula is C86H62Cl14FN11O7. The Hall–Kier alpha value is -9.80. The number of hydrogen-bond acceptors (Lipinski definition) is 11. The number of nitrogens with two attached hydrogens (primary N) is 1. The van der Waals surface area contributed by atoms with Crippen LogP contribution in [0.5, 0.6) is 0 Å². The molecule has 33 heteroatoms. The van der Waals surface area contributed by atoms with Gasteiger partial charge < -0.3 is 37.1 Å². The Bertz CT molecular complexity index is 5760. The van der Waals surface area contributed by atoms with E-state index < -0.39 is 71.3 Å². The summed E-state index contributed by atoms with van der Waals surface area (Å²) in [7, 11) is 0. The first-order valence-electron chi connectivity index (χ1n) is 34.9. The Balaban J connectivity index is 0.000000182. The number of rotatable bonds is 19. The Morgan fingerprint density at radius 2 is 0.832 bits per heavy atom. The van der Waals surface area contributed by atoms with Gasteiger partial charge in [0.1, 0.15) is 35.4 Å². The molecule has 18 nitrogen and oxygen atoms in total. The van der Waals surface area contributed by atoms with Gasteiger partial charge in [-0.2, -0.15) is 10.3 Å². The van der Waals surface area contributed by atoms with Gasteiger partial charge in [0.15, 0.2) is 0 Å². The van der Waals surface area contributed by atoms with Gasteiger partial charge in [0.2, 0.25) is 5.91 Å². The number of nitriles is 1. The highest BCUT2D eigenvalue weighted by Gasteiger charge is 2.32. The molecule has 12 rings (SSSR count). The number of aliphatic imine (C=N–C) groups is 1. The summed E-state index contributed by atoms with van der Waals surface area (Å²) in [6, 6.07) is 60.0. The van der Waals surface area contributed by atoms with Gasteiger partial charge in [0.05, 0.1) is 123 Å². The number of pyridine rings is 3.